The maximum absolute atomic E-state index is 5.93. The quantitative estimate of drug-likeness (QED) is 0.654. The van der Waals surface area contributed by atoms with Crippen molar-refractivity contribution in [1.29, 1.82) is 0 Å². The average molecular weight is 323 g/mol. The molecular formula is C15H16Cl2N4. The van der Waals surface area contributed by atoms with Gasteiger partial charge in [0.2, 0.25) is 0 Å². The van der Waals surface area contributed by atoms with Gasteiger partial charge >= 0.3 is 0 Å². The molecule has 0 saturated carbocycles. The van der Waals surface area contributed by atoms with E-state index in [9.17, 15) is 0 Å². The number of aryl methyl sites for hydroxylation is 1. The topological polar surface area (TPSA) is 43.6 Å². The van der Waals surface area contributed by atoms with E-state index in [0.717, 1.165) is 27.7 Å². The second-order valence-corrected chi connectivity index (χ2v) is 5.54. The van der Waals surface area contributed by atoms with Crippen molar-refractivity contribution in [2.45, 2.75) is 26.8 Å². The van der Waals surface area contributed by atoms with E-state index in [1.165, 1.54) is 0 Å². The Morgan fingerprint density at radius 3 is 2.62 bits per heavy atom. The summed E-state index contributed by atoms with van der Waals surface area (Å²) in [5.74, 6) is 0. The predicted octanol–water partition coefficient (Wildman–Crippen LogP) is 4.46. The van der Waals surface area contributed by atoms with Crippen LogP contribution in [-0.2, 0) is 0 Å². The maximum Gasteiger partial charge on any atom is 0.129 e. The molecule has 0 bridgehead atoms. The van der Waals surface area contributed by atoms with Crippen LogP contribution in [0.25, 0.3) is 22.2 Å². The van der Waals surface area contributed by atoms with Crippen molar-refractivity contribution in [1.82, 2.24) is 19.7 Å². The highest BCUT2D eigenvalue weighted by Gasteiger charge is 2.09. The lowest BCUT2D eigenvalue weighted by Gasteiger charge is -2.06. The predicted molar refractivity (Wildman–Crippen MR) is 88.1 cm³/mol. The van der Waals surface area contributed by atoms with Crippen LogP contribution in [-0.4, -0.2) is 19.7 Å². The molecule has 0 N–H and O–H groups in total. The van der Waals surface area contributed by atoms with E-state index >= 15 is 0 Å². The van der Waals surface area contributed by atoms with Gasteiger partial charge in [0.15, 0.2) is 0 Å². The van der Waals surface area contributed by atoms with Gasteiger partial charge in [-0.1, -0.05) is 11.6 Å². The first-order valence-corrected chi connectivity index (χ1v) is 6.90. The maximum atomic E-state index is 5.93. The fourth-order valence-electron chi connectivity index (χ4n) is 2.17. The van der Waals surface area contributed by atoms with Crippen molar-refractivity contribution in [2.24, 2.45) is 0 Å². The van der Waals surface area contributed by atoms with Gasteiger partial charge in [-0.25, -0.2) is 9.97 Å². The Bertz CT molecular complexity index is 780. The van der Waals surface area contributed by atoms with Crippen LogP contribution in [0, 0.1) is 6.92 Å². The normalized spacial score (nSPS) is 10.9. The monoisotopic (exact) mass is 322 g/mol. The second kappa shape index (κ2) is 6.00. The second-order valence-electron chi connectivity index (χ2n) is 5.15. The van der Waals surface area contributed by atoms with Gasteiger partial charge in [-0.15, -0.1) is 12.4 Å². The van der Waals surface area contributed by atoms with Gasteiger partial charge in [0.05, 0.1) is 23.6 Å². The molecule has 0 spiro atoms. The number of nitrogens with zero attached hydrogens (tertiary/aromatic N) is 4. The van der Waals surface area contributed by atoms with Gasteiger partial charge < -0.3 is 0 Å². The lowest BCUT2D eigenvalue weighted by atomic mass is 10.1. The van der Waals surface area contributed by atoms with E-state index in [0.29, 0.717) is 11.2 Å². The fraction of sp³-hybridized carbons (Fsp3) is 0.267. The van der Waals surface area contributed by atoms with Crippen molar-refractivity contribution in [3.05, 3.63) is 41.4 Å². The largest absolute Gasteiger partial charge is 0.270 e. The number of pyridine rings is 2. The minimum Gasteiger partial charge on any atom is -0.270 e. The summed E-state index contributed by atoms with van der Waals surface area (Å²) in [4.78, 5) is 8.74. The highest BCUT2D eigenvalue weighted by atomic mass is 35.5. The molecule has 0 saturated heterocycles. The number of rotatable bonds is 2. The first-order valence-electron chi connectivity index (χ1n) is 6.52. The van der Waals surface area contributed by atoms with Gasteiger partial charge in [-0.2, -0.15) is 5.10 Å². The molecule has 0 fully saturated rings. The van der Waals surface area contributed by atoms with Crippen LogP contribution >= 0.6 is 24.0 Å². The molecule has 3 aromatic rings. The molecule has 3 rings (SSSR count). The number of halogens is 2. The van der Waals surface area contributed by atoms with Crippen molar-refractivity contribution in [3.63, 3.8) is 0 Å². The summed E-state index contributed by atoms with van der Waals surface area (Å²) in [6.07, 6.45) is 5.57. The Kier molecular flexibility index (Phi) is 4.49. The highest BCUT2D eigenvalue weighted by molar-refractivity contribution is 6.30. The van der Waals surface area contributed by atoms with Crippen LogP contribution in [0.5, 0.6) is 0 Å². The van der Waals surface area contributed by atoms with Crippen molar-refractivity contribution < 1.29 is 0 Å². The lowest BCUT2D eigenvalue weighted by Crippen LogP contribution is -1.99. The summed E-state index contributed by atoms with van der Waals surface area (Å²) in [6.45, 7) is 6.25. The molecule has 6 heteroatoms. The molecule has 0 aliphatic heterocycles. The summed E-state index contributed by atoms with van der Waals surface area (Å²) in [5, 5.41) is 5.88. The van der Waals surface area contributed by atoms with Crippen LogP contribution in [0.3, 0.4) is 0 Å². The molecule has 0 radical (unpaired) electrons. The zero-order valence-corrected chi connectivity index (χ0v) is 13.6. The minimum atomic E-state index is 0. The highest BCUT2D eigenvalue weighted by Crippen LogP contribution is 2.25. The van der Waals surface area contributed by atoms with Gasteiger partial charge in [0, 0.05) is 23.2 Å². The van der Waals surface area contributed by atoms with Crippen LogP contribution in [0.4, 0.5) is 0 Å². The van der Waals surface area contributed by atoms with Gasteiger partial charge in [0.1, 0.15) is 5.15 Å². The summed E-state index contributed by atoms with van der Waals surface area (Å²) in [6, 6.07) is 4.24. The van der Waals surface area contributed by atoms with Crippen LogP contribution < -0.4 is 0 Å². The molecule has 0 unspecified atom stereocenters. The Morgan fingerprint density at radius 1 is 1.19 bits per heavy atom. The van der Waals surface area contributed by atoms with E-state index in [4.69, 9.17) is 11.6 Å². The molecule has 0 atom stereocenters. The molecule has 0 aromatic carbocycles. The van der Waals surface area contributed by atoms with E-state index in [1.54, 1.807) is 6.20 Å². The van der Waals surface area contributed by atoms with E-state index in [-0.39, 0.29) is 12.4 Å². The molecule has 110 valence electrons. The molecule has 4 nitrogen and oxygen atoms in total. The first kappa shape index (κ1) is 15.7. The summed E-state index contributed by atoms with van der Waals surface area (Å²) >= 11 is 5.93. The zero-order chi connectivity index (χ0) is 14.3. The third-order valence-corrected chi connectivity index (χ3v) is 3.50. The van der Waals surface area contributed by atoms with E-state index in [2.05, 4.69) is 41.9 Å². The Morgan fingerprint density at radius 2 is 1.95 bits per heavy atom. The molecule has 0 aliphatic rings. The van der Waals surface area contributed by atoms with Crippen molar-refractivity contribution >= 4 is 34.9 Å². The van der Waals surface area contributed by atoms with Gasteiger partial charge in [0.25, 0.3) is 0 Å². The molecule has 21 heavy (non-hydrogen) atoms. The smallest absolute Gasteiger partial charge is 0.129 e. The molecule has 3 aromatic heterocycles. The lowest BCUT2D eigenvalue weighted by molar-refractivity contribution is 0.532. The van der Waals surface area contributed by atoms with E-state index < -0.39 is 0 Å². The SMILES string of the molecule is Cc1cc(-c2cnn(C(C)C)c2)nc2cnc(Cl)cc12.Cl. The van der Waals surface area contributed by atoms with Crippen molar-refractivity contribution in [2.75, 3.05) is 0 Å². The van der Waals surface area contributed by atoms with Crippen LogP contribution in [0.15, 0.2) is 30.7 Å². The molecular weight excluding hydrogens is 307 g/mol. The van der Waals surface area contributed by atoms with Crippen LogP contribution in [0.2, 0.25) is 5.15 Å². The number of hydrogen-bond donors (Lipinski definition) is 0. The first-order chi connectivity index (χ1) is 9.54. The van der Waals surface area contributed by atoms with E-state index in [1.807, 2.05) is 23.1 Å². The summed E-state index contributed by atoms with van der Waals surface area (Å²) < 4.78 is 1.93. The van der Waals surface area contributed by atoms with Crippen LogP contribution in [0.1, 0.15) is 25.5 Å². The Hall–Kier alpha value is -1.65. The standard InChI is InChI=1S/C15H15ClN4.ClH/c1-9(2)20-8-11(6-18-20)13-4-10(3)12-5-15(16)17-7-14(12)19-13;/h4-9H,1-3H3;1H. The average Bonchev–Trinajstić information content (AvgIpc) is 2.89. The molecule has 0 amide bonds. The van der Waals surface area contributed by atoms with Gasteiger partial charge in [-0.3, -0.25) is 4.68 Å². The number of hydrogen-bond acceptors (Lipinski definition) is 3. The Labute approximate surface area is 134 Å². The van der Waals surface area contributed by atoms with Gasteiger partial charge in [-0.05, 0) is 38.5 Å². The zero-order valence-electron chi connectivity index (χ0n) is 12.0. The molecule has 0 aliphatic carbocycles. The molecule has 3 heterocycles. The number of aromatic nitrogens is 4. The summed E-state index contributed by atoms with van der Waals surface area (Å²) in [5.41, 5.74) is 3.90. The number of fused-ring (bicyclic) bond motifs is 1. The third-order valence-electron chi connectivity index (χ3n) is 3.29. The summed E-state index contributed by atoms with van der Waals surface area (Å²) in [7, 11) is 0. The minimum absolute atomic E-state index is 0. The third kappa shape index (κ3) is 3.01. The van der Waals surface area contributed by atoms with Crippen molar-refractivity contribution in [3.8, 4) is 11.3 Å². The Balaban J connectivity index is 0.00000161. The fourth-order valence-corrected chi connectivity index (χ4v) is 2.33.